The average molecular weight is 476 g/mol. The number of rotatable bonds is 7. The van der Waals surface area contributed by atoms with Gasteiger partial charge in [-0.15, -0.1) is 0 Å². The molecule has 1 unspecified atom stereocenters. The lowest BCUT2D eigenvalue weighted by atomic mass is 9.98. The number of methoxy groups -OCH3 is 1. The molecule has 4 N–H and O–H groups in total. The standard InChI is InChI=1S/C24H21N4O5P/c1-33-17-10-8-15(9-11-17)21(16-5-4-6-18(13-16)34(31)32)27-23(29)19-14-26-22(28-24(19)30)20-7-2-3-12-25-20/h2-14,21,31-32H,1H3,(H,27,29)(H,26,28,30). The van der Waals surface area contributed by atoms with E-state index in [0.717, 1.165) is 0 Å². The second-order valence-corrected chi connectivity index (χ2v) is 8.35. The van der Waals surface area contributed by atoms with Crippen LogP contribution in [0.15, 0.2) is 83.9 Å². The Morgan fingerprint density at radius 1 is 1.03 bits per heavy atom. The zero-order valence-corrected chi connectivity index (χ0v) is 18.9. The Morgan fingerprint density at radius 3 is 2.47 bits per heavy atom. The lowest BCUT2D eigenvalue weighted by Gasteiger charge is -2.21. The summed E-state index contributed by atoms with van der Waals surface area (Å²) in [6.07, 6.45) is 2.79. The van der Waals surface area contributed by atoms with Crippen LogP contribution in [-0.2, 0) is 0 Å². The molecule has 9 nitrogen and oxygen atoms in total. The molecule has 172 valence electrons. The summed E-state index contributed by atoms with van der Waals surface area (Å²) in [5.74, 6) is 0.256. The smallest absolute Gasteiger partial charge is 0.264 e. The van der Waals surface area contributed by atoms with Gasteiger partial charge in [-0.1, -0.05) is 30.3 Å². The van der Waals surface area contributed by atoms with Gasteiger partial charge in [0.15, 0.2) is 14.2 Å². The minimum absolute atomic E-state index is 0.166. The van der Waals surface area contributed by atoms with Crippen LogP contribution >= 0.6 is 8.38 Å². The molecule has 0 saturated heterocycles. The van der Waals surface area contributed by atoms with Gasteiger partial charge in [0.1, 0.15) is 17.0 Å². The van der Waals surface area contributed by atoms with Gasteiger partial charge in [0.2, 0.25) is 0 Å². The van der Waals surface area contributed by atoms with Gasteiger partial charge in [0, 0.05) is 17.7 Å². The third-order valence-electron chi connectivity index (χ3n) is 5.11. The molecular weight excluding hydrogens is 455 g/mol. The third-order valence-corrected chi connectivity index (χ3v) is 5.85. The molecule has 0 aliphatic carbocycles. The van der Waals surface area contributed by atoms with Gasteiger partial charge >= 0.3 is 0 Å². The summed E-state index contributed by atoms with van der Waals surface area (Å²) in [5, 5.41) is 3.19. The molecule has 1 atom stereocenters. The number of ether oxygens (including phenoxy) is 1. The highest BCUT2D eigenvalue weighted by atomic mass is 31.2. The van der Waals surface area contributed by atoms with Crippen molar-refractivity contribution in [2.45, 2.75) is 6.04 Å². The van der Waals surface area contributed by atoms with E-state index >= 15 is 0 Å². The summed E-state index contributed by atoms with van der Waals surface area (Å²) in [6.45, 7) is 0. The van der Waals surface area contributed by atoms with Gasteiger partial charge < -0.3 is 24.8 Å². The summed E-state index contributed by atoms with van der Waals surface area (Å²) < 4.78 is 5.21. The lowest BCUT2D eigenvalue weighted by Crippen LogP contribution is -2.34. The molecule has 0 radical (unpaired) electrons. The lowest BCUT2D eigenvalue weighted by molar-refractivity contribution is 0.0941. The Bertz CT molecular complexity index is 1340. The fourth-order valence-corrected chi connectivity index (χ4v) is 3.87. The van der Waals surface area contributed by atoms with Gasteiger partial charge in [0.05, 0.1) is 13.2 Å². The second-order valence-electron chi connectivity index (χ2n) is 7.25. The van der Waals surface area contributed by atoms with Gasteiger partial charge in [-0.2, -0.15) is 0 Å². The number of nitrogens with zero attached hydrogens (tertiary/aromatic N) is 2. The number of aromatic amines is 1. The van der Waals surface area contributed by atoms with Gasteiger partial charge in [0.25, 0.3) is 11.5 Å². The molecule has 4 aromatic rings. The first-order valence-corrected chi connectivity index (χ1v) is 11.4. The fraction of sp³-hybridized carbons (Fsp3) is 0.0833. The van der Waals surface area contributed by atoms with E-state index in [9.17, 15) is 19.4 Å². The summed E-state index contributed by atoms with van der Waals surface area (Å²) in [6, 6.07) is 18.2. The van der Waals surface area contributed by atoms with Crippen LogP contribution < -0.4 is 20.9 Å². The zero-order chi connectivity index (χ0) is 24.1. The Balaban J connectivity index is 1.68. The maximum atomic E-state index is 13.1. The number of hydrogen-bond acceptors (Lipinski definition) is 7. The van der Waals surface area contributed by atoms with Crippen LogP contribution in [0.25, 0.3) is 11.5 Å². The second kappa shape index (κ2) is 10.4. The van der Waals surface area contributed by atoms with E-state index in [1.807, 2.05) is 0 Å². The Hall–Kier alpha value is -3.91. The maximum Gasteiger partial charge on any atom is 0.264 e. The van der Waals surface area contributed by atoms with Crippen LogP contribution in [-0.4, -0.2) is 37.8 Å². The zero-order valence-electron chi connectivity index (χ0n) is 18.0. The molecule has 0 fully saturated rings. The number of nitrogens with one attached hydrogen (secondary N) is 2. The fourth-order valence-electron chi connectivity index (χ4n) is 3.38. The average Bonchev–Trinajstić information content (AvgIpc) is 2.87. The highest BCUT2D eigenvalue weighted by molar-refractivity contribution is 7.54. The molecule has 1 amide bonds. The van der Waals surface area contributed by atoms with E-state index in [0.29, 0.717) is 27.9 Å². The Kier molecular flexibility index (Phi) is 7.08. The Labute approximate surface area is 196 Å². The van der Waals surface area contributed by atoms with E-state index in [-0.39, 0.29) is 11.4 Å². The SMILES string of the molecule is COc1ccc(C(NC(=O)c2cnc(-c3ccccn3)[nH]c2=O)c2cccc(P(O)O)c2)cc1. The largest absolute Gasteiger partial charge is 0.497 e. The molecule has 0 bridgehead atoms. The van der Waals surface area contributed by atoms with Gasteiger partial charge in [-0.3, -0.25) is 14.6 Å². The summed E-state index contributed by atoms with van der Waals surface area (Å²) >= 11 is 0. The van der Waals surface area contributed by atoms with Crippen molar-refractivity contribution in [2.24, 2.45) is 0 Å². The number of amides is 1. The third kappa shape index (κ3) is 5.18. The minimum Gasteiger partial charge on any atom is -0.497 e. The van der Waals surface area contributed by atoms with Crippen molar-refractivity contribution >= 4 is 19.6 Å². The minimum atomic E-state index is -2.31. The van der Waals surface area contributed by atoms with Crippen molar-refractivity contribution in [3.05, 3.63) is 106 Å². The van der Waals surface area contributed by atoms with Crippen molar-refractivity contribution < 1.29 is 19.3 Å². The number of carbonyl (C=O) groups is 1. The quantitative estimate of drug-likeness (QED) is 0.300. The van der Waals surface area contributed by atoms with Crippen molar-refractivity contribution in [1.29, 1.82) is 0 Å². The highest BCUT2D eigenvalue weighted by Crippen LogP contribution is 2.28. The maximum absolute atomic E-state index is 13.1. The monoisotopic (exact) mass is 476 g/mol. The summed E-state index contributed by atoms with van der Waals surface area (Å²) in [5.41, 5.74) is 1.02. The van der Waals surface area contributed by atoms with Crippen LogP contribution in [0, 0.1) is 0 Å². The van der Waals surface area contributed by atoms with Crippen molar-refractivity contribution in [2.75, 3.05) is 7.11 Å². The van der Waals surface area contributed by atoms with Gasteiger partial charge in [-0.25, -0.2) is 4.98 Å². The number of carbonyl (C=O) groups excluding carboxylic acids is 1. The predicted octanol–water partition coefficient (Wildman–Crippen LogP) is 2.28. The van der Waals surface area contributed by atoms with Crippen LogP contribution in [0.1, 0.15) is 27.5 Å². The topological polar surface area (TPSA) is 137 Å². The number of benzene rings is 2. The number of hydrogen-bond donors (Lipinski definition) is 4. The molecule has 2 heterocycles. The highest BCUT2D eigenvalue weighted by Gasteiger charge is 2.21. The van der Waals surface area contributed by atoms with Gasteiger partial charge in [-0.05, 0) is 47.5 Å². The predicted molar refractivity (Wildman–Crippen MR) is 128 cm³/mol. The molecule has 4 rings (SSSR count). The normalized spacial score (nSPS) is 11.8. The first kappa shape index (κ1) is 23.3. The van der Waals surface area contributed by atoms with Crippen molar-refractivity contribution in [3.63, 3.8) is 0 Å². The molecule has 34 heavy (non-hydrogen) atoms. The molecule has 0 aliphatic heterocycles. The number of pyridine rings is 1. The van der Waals surface area contributed by atoms with Crippen LogP contribution in [0.3, 0.4) is 0 Å². The molecule has 0 saturated carbocycles. The van der Waals surface area contributed by atoms with Crippen LogP contribution in [0.4, 0.5) is 0 Å². The van der Waals surface area contributed by atoms with Crippen LogP contribution in [0.5, 0.6) is 5.75 Å². The first-order valence-electron chi connectivity index (χ1n) is 10.2. The molecule has 0 aliphatic rings. The van der Waals surface area contributed by atoms with Crippen molar-refractivity contribution in [1.82, 2.24) is 20.3 Å². The summed E-state index contributed by atoms with van der Waals surface area (Å²) in [4.78, 5) is 56.0. The number of aromatic nitrogens is 3. The molecule has 0 spiro atoms. The Morgan fingerprint density at radius 2 is 1.82 bits per heavy atom. The number of H-pyrrole nitrogens is 1. The van der Waals surface area contributed by atoms with E-state index in [2.05, 4.69) is 20.3 Å². The van der Waals surface area contributed by atoms with Crippen molar-refractivity contribution in [3.8, 4) is 17.3 Å². The van der Waals surface area contributed by atoms with E-state index in [4.69, 9.17) is 4.74 Å². The van der Waals surface area contributed by atoms with E-state index in [1.165, 1.54) is 6.20 Å². The molecule has 2 aromatic heterocycles. The summed E-state index contributed by atoms with van der Waals surface area (Å²) in [7, 11) is -0.760. The van der Waals surface area contributed by atoms with E-state index < -0.39 is 25.9 Å². The molecular formula is C24H21N4O5P. The first-order chi connectivity index (χ1) is 16.5. The van der Waals surface area contributed by atoms with E-state index in [1.54, 1.807) is 80.0 Å². The molecule has 10 heteroatoms. The van der Waals surface area contributed by atoms with Crippen LogP contribution in [0.2, 0.25) is 0 Å². The molecule has 2 aromatic carbocycles.